The molecule has 0 spiro atoms. The van der Waals surface area contributed by atoms with Crippen LogP contribution in [0.15, 0.2) is 52.2 Å². The third-order valence-corrected chi connectivity index (χ3v) is 6.76. The van der Waals surface area contributed by atoms with Crippen LogP contribution in [0.25, 0.3) is 43.1 Å². The summed E-state index contributed by atoms with van der Waals surface area (Å²) in [6.07, 6.45) is 0. The van der Waals surface area contributed by atoms with Crippen LogP contribution >= 0.6 is 8.22 Å². The van der Waals surface area contributed by atoms with Crippen molar-refractivity contribution in [2.75, 3.05) is 0 Å². The lowest BCUT2D eigenvalue weighted by molar-refractivity contribution is 1.31. The van der Waals surface area contributed by atoms with Gasteiger partial charge in [0.2, 0.25) is 0 Å². The van der Waals surface area contributed by atoms with Crippen LogP contribution in [0, 0.1) is 41.5 Å². The highest BCUT2D eigenvalue weighted by Crippen LogP contribution is 2.47. The molecular weight excluding hydrogens is 403 g/mol. The van der Waals surface area contributed by atoms with E-state index in [0.29, 0.717) is 0 Å². The summed E-state index contributed by atoms with van der Waals surface area (Å²) in [5.41, 5.74) is 29.4. The molecule has 0 atom stereocenters. The molecule has 156 valence electrons. The van der Waals surface area contributed by atoms with Gasteiger partial charge in [-0.2, -0.15) is 0 Å². The van der Waals surface area contributed by atoms with Gasteiger partial charge < -0.3 is 0 Å². The van der Waals surface area contributed by atoms with Crippen LogP contribution in [-0.4, -0.2) is 0 Å². The molecule has 31 heavy (non-hydrogen) atoms. The zero-order chi connectivity index (χ0) is 22.7. The molecule has 0 saturated carbocycles. The van der Waals surface area contributed by atoms with Gasteiger partial charge in [0.05, 0.1) is 0 Å². The maximum atomic E-state index is 9.23. The van der Waals surface area contributed by atoms with Crippen molar-refractivity contribution in [2.24, 2.45) is 9.77 Å². The normalized spacial score (nSPS) is 11.4. The van der Waals surface area contributed by atoms with Gasteiger partial charge in [0.25, 0.3) is 0 Å². The van der Waals surface area contributed by atoms with E-state index in [1.807, 2.05) is 18.2 Å². The first-order valence-electron chi connectivity index (χ1n) is 9.98. The third-order valence-electron chi connectivity index (χ3n) is 5.38. The van der Waals surface area contributed by atoms with E-state index in [0.717, 1.165) is 49.8 Å². The van der Waals surface area contributed by atoms with E-state index >= 15 is 0 Å². The number of benzene rings is 3. The number of aryl methyl sites for hydroxylation is 6. The minimum Gasteiger partial charge on any atom is -0.0610 e. The zero-order valence-corrected chi connectivity index (χ0v) is 19.6. The maximum absolute atomic E-state index is 9.23. The highest BCUT2D eigenvalue weighted by molar-refractivity contribution is 7.63. The minimum atomic E-state index is -1.79. The quantitative estimate of drug-likeness (QED) is 0.169. The van der Waals surface area contributed by atoms with Crippen LogP contribution in [-0.2, 0) is 0 Å². The second-order valence-corrected chi connectivity index (χ2v) is 9.28. The second-order valence-electron chi connectivity index (χ2n) is 7.90. The molecule has 6 nitrogen and oxygen atoms in total. The molecule has 0 aliphatic rings. The van der Waals surface area contributed by atoms with Crippen LogP contribution in [0.2, 0.25) is 0 Å². The number of hydrogen-bond donors (Lipinski definition) is 0. The largest absolute Gasteiger partial charge is 0.111 e. The Morgan fingerprint density at radius 1 is 0.645 bits per heavy atom. The summed E-state index contributed by atoms with van der Waals surface area (Å²) >= 11 is 0. The van der Waals surface area contributed by atoms with Crippen LogP contribution in [0.1, 0.15) is 33.4 Å². The molecule has 7 heteroatoms. The SMILES string of the molecule is Cc1cc(C)c(-c2cccc(-c3c(C)cc(C)cc3C)c2P(N=[N+]=[N-])N=[N+]=[N-])c(C)c1. The second kappa shape index (κ2) is 9.24. The molecule has 0 aliphatic heterocycles. The molecule has 3 aromatic carbocycles. The van der Waals surface area contributed by atoms with Gasteiger partial charge in [0.1, 0.15) is 8.22 Å². The maximum Gasteiger partial charge on any atom is 0.111 e. The molecule has 0 fully saturated rings. The van der Waals surface area contributed by atoms with Gasteiger partial charge in [0.15, 0.2) is 0 Å². The van der Waals surface area contributed by atoms with Gasteiger partial charge in [-0.25, -0.2) is 0 Å². The van der Waals surface area contributed by atoms with Crippen molar-refractivity contribution in [3.63, 3.8) is 0 Å². The van der Waals surface area contributed by atoms with Crippen LogP contribution in [0.5, 0.6) is 0 Å². The molecule has 0 bridgehead atoms. The van der Waals surface area contributed by atoms with Crippen molar-refractivity contribution in [3.8, 4) is 22.3 Å². The van der Waals surface area contributed by atoms with Gasteiger partial charge in [-0.1, -0.05) is 63.4 Å². The number of nitrogens with zero attached hydrogens (tertiary/aromatic N) is 6. The summed E-state index contributed by atoms with van der Waals surface area (Å²) in [7, 11) is -1.79. The van der Waals surface area contributed by atoms with E-state index in [-0.39, 0.29) is 0 Å². The molecule has 0 N–H and O–H groups in total. The van der Waals surface area contributed by atoms with E-state index in [1.165, 1.54) is 11.1 Å². The molecule has 0 aromatic heterocycles. The Hall–Kier alpha value is -3.29. The van der Waals surface area contributed by atoms with Crippen molar-refractivity contribution >= 4 is 13.5 Å². The van der Waals surface area contributed by atoms with Gasteiger partial charge in [0, 0.05) is 15.1 Å². The Kier molecular flexibility index (Phi) is 6.68. The zero-order valence-electron chi connectivity index (χ0n) is 18.7. The molecule has 0 heterocycles. The van der Waals surface area contributed by atoms with E-state index in [1.54, 1.807) is 0 Å². The lowest BCUT2D eigenvalue weighted by Gasteiger charge is -2.22. The average Bonchev–Trinajstić information content (AvgIpc) is 2.66. The molecule has 0 amide bonds. The topological polar surface area (TPSA) is 97.5 Å². The highest BCUT2D eigenvalue weighted by Gasteiger charge is 2.23. The molecule has 3 rings (SSSR count). The summed E-state index contributed by atoms with van der Waals surface area (Å²) in [5, 5.41) is 0.790. The fourth-order valence-electron chi connectivity index (χ4n) is 4.56. The molecular formula is C24H25N6P. The summed E-state index contributed by atoms with van der Waals surface area (Å²) < 4.78 is 0. The van der Waals surface area contributed by atoms with Gasteiger partial charge >= 0.3 is 0 Å². The first kappa shape index (κ1) is 22.4. The number of hydrogen-bond acceptors (Lipinski definition) is 2. The van der Waals surface area contributed by atoms with Gasteiger partial charge in [-0.15, -0.1) is 0 Å². The van der Waals surface area contributed by atoms with Crippen LogP contribution < -0.4 is 5.30 Å². The van der Waals surface area contributed by atoms with E-state index in [4.69, 9.17) is 0 Å². The third kappa shape index (κ3) is 4.42. The predicted octanol–water partition coefficient (Wildman–Crippen LogP) is 8.43. The number of rotatable bonds is 5. The highest BCUT2D eigenvalue weighted by atomic mass is 31.1. The minimum absolute atomic E-state index is 0.790. The molecule has 0 unspecified atom stereocenters. The van der Waals surface area contributed by atoms with E-state index < -0.39 is 8.22 Å². The Bertz CT molecular complexity index is 1130. The van der Waals surface area contributed by atoms with Crippen molar-refractivity contribution in [3.05, 3.63) is 96.7 Å². The van der Waals surface area contributed by atoms with Crippen LogP contribution in [0.3, 0.4) is 0 Å². The molecule has 3 aromatic rings. The summed E-state index contributed by atoms with van der Waals surface area (Å²) in [4.78, 5) is 13.9. The fourth-order valence-corrected chi connectivity index (χ4v) is 5.73. The smallest absolute Gasteiger partial charge is 0.0610 e. The summed E-state index contributed by atoms with van der Waals surface area (Å²) in [6, 6.07) is 14.6. The monoisotopic (exact) mass is 428 g/mol. The fraction of sp³-hybridized carbons (Fsp3) is 0.250. The van der Waals surface area contributed by atoms with Gasteiger partial charge in [-0.3, -0.25) is 0 Å². The predicted molar refractivity (Wildman–Crippen MR) is 131 cm³/mol. The lowest BCUT2D eigenvalue weighted by Crippen LogP contribution is -2.10. The average molecular weight is 428 g/mol. The first-order chi connectivity index (χ1) is 14.8. The molecule has 0 saturated heterocycles. The standard InChI is InChI=1S/C24H25N6P/c1-14-10-16(3)22(17(4)11-14)20-8-7-9-21(24(20)31(29-27-25)30-28-26)23-18(5)12-15(2)13-19(23)6/h7-13H,1-6H3. The first-order valence-corrected chi connectivity index (χ1v) is 11.2. The number of azide groups is 1. The van der Waals surface area contributed by atoms with Crippen molar-refractivity contribution in [1.82, 2.24) is 0 Å². The van der Waals surface area contributed by atoms with Crippen molar-refractivity contribution in [1.29, 1.82) is 0 Å². The van der Waals surface area contributed by atoms with E-state index in [2.05, 4.69) is 85.4 Å². The Labute approximate surface area is 184 Å². The molecule has 0 radical (unpaired) electrons. The molecule has 0 aliphatic carbocycles. The summed E-state index contributed by atoms with van der Waals surface area (Å²) in [6.45, 7) is 12.5. The van der Waals surface area contributed by atoms with Crippen molar-refractivity contribution < 1.29 is 0 Å². The van der Waals surface area contributed by atoms with E-state index in [9.17, 15) is 11.1 Å². The van der Waals surface area contributed by atoms with Crippen LogP contribution in [0.4, 0.5) is 0 Å². The van der Waals surface area contributed by atoms with Gasteiger partial charge in [-0.05, 0) is 97.1 Å². The summed E-state index contributed by atoms with van der Waals surface area (Å²) in [5.74, 6) is 0. The lowest BCUT2D eigenvalue weighted by atomic mass is 9.89. The Morgan fingerprint density at radius 3 is 1.32 bits per heavy atom. The van der Waals surface area contributed by atoms with Crippen molar-refractivity contribution in [2.45, 2.75) is 41.5 Å². The Balaban J connectivity index is 2.49. The Morgan fingerprint density at radius 2 is 1.00 bits per heavy atom.